The Bertz CT molecular complexity index is 146. The highest BCUT2D eigenvalue weighted by Crippen LogP contribution is 1.86. The van der Waals surface area contributed by atoms with Crippen molar-refractivity contribution in [3.63, 3.8) is 0 Å². The van der Waals surface area contributed by atoms with Crippen molar-refractivity contribution in [2.75, 3.05) is 19.8 Å². The zero-order valence-electron chi connectivity index (χ0n) is 6.13. The molecule has 0 saturated carbocycles. The van der Waals surface area contributed by atoms with E-state index in [2.05, 4.69) is 4.74 Å². The fraction of sp³-hybridized carbons (Fsp3) is 0.667. The van der Waals surface area contributed by atoms with E-state index in [1.807, 2.05) is 6.92 Å². The zero-order chi connectivity index (χ0) is 8.69. The molecule has 0 bridgehead atoms. The molecule has 0 unspecified atom stereocenters. The van der Waals surface area contributed by atoms with Gasteiger partial charge in [-0.05, 0) is 18.5 Å². The number of ether oxygens (including phenoxy) is 2. The Morgan fingerprint density at radius 3 is 2.45 bits per heavy atom. The minimum atomic E-state index is -1.11. The van der Waals surface area contributed by atoms with E-state index in [0.29, 0.717) is 6.61 Å². The molecule has 0 spiro atoms. The minimum Gasteiger partial charge on any atom is -0.457 e. The van der Waals surface area contributed by atoms with Crippen molar-refractivity contribution in [3.05, 3.63) is 0 Å². The Balaban J connectivity index is 3.25. The van der Waals surface area contributed by atoms with E-state index in [4.69, 9.17) is 16.3 Å². The van der Waals surface area contributed by atoms with E-state index in [0.717, 1.165) is 0 Å². The maximum atomic E-state index is 10.3. The lowest BCUT2D eigenvalue weighted by atomic mass is 10.7. The average Bonchev–Trinajstić information content (AvgIpc) is 1.97. The third-order valence-electron chi connectivity index (χ3n) is 0.825. The number of carbonyl (C=O) groups excluding carboxylic acids is 2. The van der Waals surface area contributed by atoms with E-state index in [9.17, 15) is 9.59 Å². The molecule has 0 heterocycles. The number of rotatable bonds is 5. The molecule has 64 valence electrons. The number of halogens is 1. The quantitative estimate of drug-likeness (QED) is 0.265. The molecule has 5 heteroatoms. The molecule has 0 amide bonds. The van der Waals surface area contributed by atoms with Crippen molar-refractivity contribution >= 4 is 22.8 Å². The van der Waals surface area contributed by atoms with Crippen LogP contribution in [0.15, 0.2) is 0 Å². The van der Waals surface area contributed by atoms with Crippen LogP contribution in [-0.4, -0.2) is 31.0 Å². The summed E-state index contributed by atoms with van der Waals surface area (Å²) in [5.74, 6) is -1.04. The second-order valence-corrected chi connectivity index (χ2v) is 1.95. The summed E-state index contributed by atoms with van der Waals surface area (Å²) in [5.41, 5.74) is 0. The van der Waals surface area contributed by atoms with Gasteiger partial charge >= 0.3 is 11.2 Å². The SMILES string of the molecule is CCOCCOC(=O)C(=O)Cl. The summed E-state index contributed by atoms with van der Waals surface area (Å²) in [5, 5.41) is -1.11. The molecule has 0 aromatic rings. The Labute approximate surface area is 69.4 Å². The molecule has 0 N–H and O–H groups in total. The van der Waals surface area contributed by atoms with E-state index in [-0.39, 0.29) is 13.2 Å². The van der Waals surface area contributed by atoms with Gasteiger partial charge in [-0.15, -0.1) is 0 Å². The smallest absolute Gasteiger partial charge is 0.391 e. The summed E-state index contributed by atoms with van der Waals surface area (Å²) in [6.07, 6.45) is 0. The van der Waals surface area contributed by atoms with Crippen LogP contribution in [-0.2, 0) is 19.1 Å². The van der Waals surface area contributed by atoms with Gasteiger partial charge in [0.25, 0.3) is 0 Å². The number of carbonyl (C=O) groups is 2. The van der Waals surface area contributed by atoms with Crippen molar-refractivity contribution in [2.45, 2.75) is 6.92 Å². The van der Waals surface area contributed by atoms with Gasteiger partial charge in [0.1, 0.15) is 6.61 Å². The highest BCUT2D eigenvalue weighted by molar-refractivity contribution is 6.80. The molecular formula is C6H9ClO4. The summed E-state index contributed by atoms with van der Waals surface area (Å²) in [7, 11) is 0. The Hall–Kier alpha value is -0.610. The van der Waals surface area contributed by atoms with Crippen molar-refractivity contribution in [1.29, 1.82) is 0 Å². The van der Waals surface area contributed by atoms with Gasteiger partial charge < -0.3 is 9.47 Å². The van der Waals surface area contributed by atoms with Crippen LogP contribution in [0.25, 0.3) is 0 Å². The van der Waals surface area contributed by atoms with Gasteiger partial charge in [0.15, 0.2) is 0 Å². The monoisotopic (exact) mass is 180 g/mol. The number of hydrogen-bond donors (Lipinski definition) is 0. The summed E-state index contributed by atoms with van der Waals surface area (Å²) in [4.78, 5) is 20.4. The molecule has 11 heavy (non-hydrogen) atoms. The molecule has 0 aromatic carbocycles. The first-order chi connectivity index (χ1) is 5.18. The van der Waals surface area contributed by atoms with Crippen LogP contribution in [0.5, 0.6) is 0 Å². The van der Waals surface area contributed by atoms with Gasteiger partial charge in [-0.3, -0.25) is 4.79 Å². The molecule has 0 radical (unpaired) electrons. The maximum absolute atomic E-state index is 10.3. The average molecular weight is 181 g/mol. The van der Waals surface area contributed by atoms with Crippen molar-refractivity contribution < 1.29 is 19.1 Å². The van der Waals surface area contributed by atoms with Gasteiger partial charge in [0.2, 0.25) is 0 Å². The van der Waals surface area contributed by atoms with Gasteiger partial charge in [0.05, 0.1) is 6.61 Å². The van der Waals surface area contributed by atoms with E-state index < -0.39 is 11.2 Å². The van der Waals surface area contributed by atoms with Crippen molar-refractivity contribution in [1.82, 2.24) is 0 Å². The normalized spacial score (nSPS) is 9.27. The molecule has 0 atom stereocenters. The molecule has 0 aliphatic heterocycles. The molecule has 0 aromatic heterocycles. The fourth-order valence-corrected chi connectivity index (χ4v) is 0.449. The summed E-state index contributed by atoms with van der Waals surface area (Å²) in [6, 6.07) is 0. The minimum absolute atomic E-state index is 0.0606. The van der Waals surface area contributed by atoms with Crippen LogP contribution in [0.3, 0.4) is 0 Å². The molecule has 0 saturated heterocycles. The Morgan fingerprint density at radius 1 is 1.36 bits per heavy atom. The van der Waals surface area contributed by atoms with E-state index >= 15 is 0 Å². The largest absolute Gasteiger partial charge is 0.457 e. The van der Waals surface area contributed by atoms with Crippen LogP contribution in [0, 0.1) is 0 Å². The number of esters is 1. The highest BCUT2D eigenvalue weighted by atomic mass is 35.5. The van der Waals surface area contributed by atoms with E-state index in [1.165, 1.54) is 0 Å². The molecule has 0 aliphatic carbocycles. The number of hydrogen-bond acceptors (Lipinski definition) is 4. The van der Waals surface area contributed by atoms with Crippen LogP contribution in [0.2, 0.25) is 0 Å². The zero-order valence-corrected chi connectivity index (χ0v) is 6.89. The lowest BCUT2D eigenvalue weighted by molar-refractivity contribution is -0.151. The first-order valence-corrected chi connectivity index (χ1v) is 3.50. The standard InChI is InChI=1S/C6H9ClO4/c1-2-10-3-4-11-6(9)5(7)8/h2-4H2,1H3. The third-order valence-corrected chi connectivity index (χ3v) is 0.980. The molecule has 0 fully saturated rings. The van der Waals surface area contributed by atoms with Gasteiger partial charge in [0, 0.05) is 6.61 Å². The first kappa shape index (κ1) is 10.4. The van der Waals surface area contributed by atoms with Crippen LogP contribution < -0.4 is 0 Å². The van der Waals surface area contributed by atoms with Crippen LogP contribution in [0.1, 0.15) is 6.92 Å². The van der Waals surface area contributed by atoms with Gasteiger partial charge in [-0.2, -0.15) is 0 Å². The van der Waals surface area contributed by atoms with Gasteiger partial charge in [-0.1, -0.05) is 0 Å². The second kappa shape index (κ2) is 6.12. The van der Waals surface area contributed by atoms with Crippen LogP contribution in [0.4, 0.5) is 0 Å². The maximum Gasteiger partial charge on any atom is 0.391 e. The van der Waals surface area contributed by atoms with Crippen molar-refractivity contribution in [3.8, 4) is 0 Å². The molecular weight excluding hydrogens is 172 g/mol. The predicted octanol–water partition coefficient (Wildman–Crippen LogP) is 0.331. The topological polar surface area (TPSA) is 52.6 Å². The van der Waals surface area contributed by atoms with Crippen molar-refractivity contribution in [2.24, 2.45) is 0 Å². The van der Waals surface area contributed by atoms with Gasteiger partial charge in [-0.25, -0.2) is 4.79 Å². The summed E-state index contributed by atoms with van der Waals surface area (Å²) in [6.45, 7) is 2.71. The van der Waals surface area contributed by atoms with Crippen LogP contribution >= 0.6 is 11.6 Å². The summed E-state index contributed by atoms with van der Waals surface area (Å²) >= 11 is 4.79. The third kappa shape index (κ3) is 5.82. The Morgan fingerprint density at radius 2 is 2.00 bits per heavy atom. The predicted molar refractivity (Wildman–Crippen MR) is 38.3 cm³/mol. The molecule has 0 rings (SSSR count). The second-order valence-electron chi connectivity index (χ2n) is 1.61. The van der Waals surface area contributed by atoms with E-state index in [1.54, 1.807) is 0 Å². The lowest BCUT2D eigenvalue weighted by Crippen LogP contribution is -2.15. The highest BCUT2D eigenvalue weighted by Gasteiger charge is 2.10. The summed E-state index contributed by atoms with van der Waals surface area (Å²) < 4.78 is 9.19. The lowest BCUT2D eigenvalue weighted by Gasteiger charge is -2.00. The first-order valence-electron chi connectivity index (χ1n) is 3.12. The molecule has 4 nitrogen and oxygen atoms in total. The molecule has 0 aliphatic rings. The Kier molecular flexibility index (Phi) is 5.78. The fourth-order valence-electron chi connectivity index (χ4n) is 0.394.